The monoisotopic (exact) mass is 366 g/mol. The molecule has 1 aromatic carbocycles. The van der Waals surface area contributed by atoms with Crippen LogP contribution in [0.1, 0.15) is 16.8 Å². The van der Waals surface area contributed by atoms with Crippen LogP contribution in [-0.4, -0.2) is 36.7 Å². The molecule has 7 nitrogen and oxygen atoms in total. The maximum Gasteiger partial charge on any atom is 0.244 e. The summed E-state index contributed by atoms with van der Waals surface area (Å²) in [6.45, 7) is 4.06. The number of rotatable bonds is 6. The largest absolute Gasteiger partial charge is 0.495 e. The van der Waals surface area contributed by atoms with Crippen molar-refractivity contribution in [3.63, 3.8) is 0 Å². The molecule has 0 fully saturated rings. The number of thiazole rings is 1. The van der Waals surface area contributed by atoms with Gasteiger partial charge < -0.3 is 4.74 Å². The van der Waals surface area contributed by atoms with Crippen molar-refractivity contribution in [1.29, 1.82) is 0 Å². The molecule has 128 valence electrons. The van der Waals surface area contributed by atoms with E-state index >= 15 is 0 Å². The molecular formula is C15H18N4O3S2. The number of benzene rings is 1. The second-order valence-electron chi connectivity index (χ2n) is 5.42. The maximum absolute atomic E-state index is 12.6. The van der Waals surface area contributed by atoms with E-state index in [2.05, 4.69) is 14.8 Å². The molecule has 2 heterocycles. The number of fused-ring (bicyclic) bond motifs is 1. The Morgan fingerprint density at radius 2 is 2.04 bits per heavy atom. The smallest absolute Gasteiger partial charge is 0.244 e. The molecule has 0 aliphatic rings. The minimum Gasteiger partial charge on any atom is -0.495 e. The summed E-state index contributed by atoms with van der Waals surface area (Å²) in [6, 6.07) is 3.37. The quantitative estimate of drug-likeness (QED) is 0.720. The summed E-state index contributed by atoms with van der Waals surface area (Å²) in [7, 11) is -2.18. The van der Waals surface area contributed by atoms with Gasteiger partial charge in [0, 0.05) is 18.3 Å². The van der Waals surface area contributed by atoms with Crippen molar-refractivity contribution in [2.75, 3.05) is 13.7 Å². The number of sulfonamides is 1. The van der Waals surface area contributed by atoms with Crippen LogP contribution >= 0.6 is 11.3 Å². The van der Waals surface area contributed by atoms with E-state index in [1.807, 2.05) is 19.2 Å². The first-order chi connectivity index (χ1) is 11.4. The highest BCUT2D eigenvalue weighted by molar-refractivity contribution is 7.89. The van der Waals surface area contributed by atoms with Gasteiger partial charge in [-0.3, -0.25) is 0 Å². The molecule has 0 unspecified atom stereocenters. The number of methoxy groups -OCH3 is 1. The number of aromatic nitrogens is 3. The fraction of sp³-hybridized carbons (Fsp3) is 0.333. The molecule has 0 aliphatic heterocycles. The van der Waals surface area contributed by atoms with Gasteiger partial charge in [0.25, 0.3) is 0 Å². The van der Waals surface area contributed by atoms with Gasteiger partial charge in [0.2, 0.25) is 15.0 Å². The predicted octanol–water partition coefficient (Wildman–Crippen LogP) is 1.94. The third kappa shape index (κ3) is 3.14. The molecule has 3 rings (SSSR count). The number of nitrogens with zero attached hydrogens (tertiary/aromatic N) is 3. The van der Waals surface area contributed by atoms with Crippen LogP contribution < -0.4 is 9.46 Å². The van der Waals surface area contributed by atoms with Crippen molar-refractivity contribution < 1.29 is 13.2 Å². The molecule has 2 aromatic heterocycles. The zero-order valence-electron chi connectivity index (χ0n) is 13.6. The van der Waals surface area contributed by atoms with Crippen LogP contribution in [0.3, 0.4) is 0 Å². The number of aryl methyl sites for hydroxylation is 2. The Labute approximate surface area is 144 Å². The molecule has 0 aliphatic carbocycles. The molecule has 0 radical (unpaired) electrons. The second-order valence-corrected chi connectivity index (χ2v) is 7.99. The number of ether oxygens (including phenoxy) is 1. The Kier molecular flexibility index (Phi) is 4.57. The van der Waals surface area contributed by atoms with Gasteiger partial charge in [-0.2, -0.15) is 5.10 Å². The van der Waals surface area contributed by atoms with Crippen LogP contribution in [0.15, 0.2) is 28.7 Å². The van der Waals surface area contributed by atoms with Gasteiger partial charge in [-0.25, -0.2) is 22.6 Å². The Balaban J connectivity index is 1.77. The van der Waals surface area contributed by atoms with Gasteiger partial charge >= 0.3 is 0 Å². The number of hydrogen-bond donors (Lipinski definition) is 1. The molecule has 0 amide bonds. The Morgan fingerprint density at radius 3 is 2.79 bits per heavy atom. The summed E-state index contributed by atoms with van der Waals surface area (Å²) >= 11 is 1.48. The van der Waals surface area contributed by atoms with Crippen molar-refractivity contribution in [1.82, 2.24) is 19.3 Å². The molecule has 0 saturated heterocycles. The zero-order valence-corrected chi connectivity index (χ0v) is 15.2. The third-order valence-electron chi connectivity index (χ3n) is 3.83. The molecule has 1 N–H and O–H groups in total. The third-order valence-corrected chi connectivity index (χ3v) is 6.19. The molecule has 24 heavy (non-hydrogen) atoms. The van der Waals surface area contributed by atoms with E-state index in [4.69, 9.17) is 4.74 Å². The van der Waals surface area contributed by atoms with Gasteiger partial charge in [-0.1, -0.05) is 0 Å². The lowest BCUT2D eigenvalue weighted by Crippen LogP contribution is -2.27. The average molecular weight is 366 g/mol. The molecular weight excluding hydrogens is 348 g/mol. The van der Waals surface area contributed by atoms with Crippen molar-refractivity contribution in [3.05, 3.63) is 40.7 Å². The first-order valence-electron chi connectivity index (χ1n) is 7.33. The van der Waals surface area contributed by atoms with Gasteiger partial charge in [0.1, 0.15) is 17.0 Å². The predicted molar refractivity (Wildman–Crippen MR) is 92.2 cm³/mol. The van der Waals surface area contributed by atoms with Crippen LogP contribution in [0.5, 0.6) is 5.75 Å². The lowest BCUT2D eigenvalue weighted by atomic mass is 10.1. The lowest BCUT2D eigenvalue weighted by Gasteiger charge is -2.13. The number of hydrogen-bond acceptors (Lipinski definition) is 6. The molecule has 9 heteroatoms. The van der Waals surface area contributed by atoms with Crippen molar-refractivity contribution in [3.8, 4) is 5.75 Å². The highest BCUT2D eigenvalue weighted by Crippen LogP contribution is 2.27. The molecule has 0 atom stereocenters. The molecule has 0 saturated carbocycles. The molecule has 0 bridgehead atoms. The summed E-state index contributed by atoms with van der Waals surface area (Å²) in [4.78, 5) is 5.05. The Hall–Kier alpha value is -1.97. The van der Waals surface area contributed by atoms with E-state index in [0.29, 0.717) is 12.2 Å². The Morgan fingerprint density at radius 1 is 1.29 bits per heavy atom. The summed E-state index contributed by atoms with van der Waals surface area (Å²) in [5.74, 6) is 0.347. The van der Waals surface area contributed by atoms with E-state index in [-0.39, 0.29) is 11.4 Å². The van der Waals surface area contributed by atoms with Gasteiger partial charge in [0.15, 0.2) is 0 Å². The average Bonchev–Trinajstić information content (AvgIpc) is 3.14. The van der Waals surface area contributed by atoms with E-state index in [1.165, 1.54) is 24.8 Å². The van der Waals surface area contributed by atoms with Crippen LogP contribution in [0.4, 0.5) is 0 Å². The van der Waals surface area contributed by atoms with Gasteiger partial charge in [-0.15, -0.1) is 11.3 Å². The van der Waals surface area contributed by atoms with Crippen LogP contribution in [0.25, 0.3) is 4.96 Å². The van der Waals surface area contributed by atoms with Crippen LogP contribution in [0.2, 0.25) is 0 Å². The fourth-order valence-electron chi connectivity index (χ4n) is 2.37. The van der Waals surface area contributed by atoms with E-state index in [9.17, 15) is 8.42 Å². The summed E-state index contributed by atoms with van der Waals surface area (Å²) < 4.78 is 34.8. The summed E-state index contributed by atoms with van der Waals surface area (Å²) in [5.41, 5.74) is 2.80. The van der Waals surface area contributed by atoms with Crippen molar-refractivity contribution >= 4 is 26.3 Å². The molecule has 3 aromatic rings. The minimum atomic E-state index is -3.65. The zero-order chi connectivity index (χ0) is 17.3. The minimum absolute atomic E-state index is 0.157. The first kappa shape index (κ1) is 16.9. The molecule has 0 spiro atoms. The SMILES string of the molecule is COc1cc(C)c(C)cc1S(=O)(=O)NCCc1csc2ncnn12. The second kappa shape index (κ2) is 6.50. The van der Waals surface area contributed by atoms with E-state index in [1.54, 1.807) is 16.6 Å². The van der Waals surface area contributed by atoms with Crippen LogP contribution in [0, 0.1) is 13.8 Å². The number of nitrogens with one attached hydrogen (secondary N) is 1. The topological polar surface area (TPSA) is 85.6 Å². The first-order valence-corrected chi connectivity index (χ1v) is 9.69. The van der Waals surface area contributed by atoms with Gasteiger partial charge in [0.05, 0.1) is 12.8 Å². The highest BCUT2D eigenvalue weighted by Gasteiger charge is 2.20. The standard InChI is InChI=1S/C15H18N4O3S2/c1-10-6-13(22-3)14(7-11(10)2)24(20,21)18-5-4-12-8-23-15-16-9-17-19(12)15/h6-9,18H,4-5H2,1-3H3. The van der Waals surface area contributed by atoms with Crippen molar-refractivity contribution in [2.24, 2.45) is 0 Å². The lowest BCUT2D eigenvalue weighted by molar-refractivity contribution is 0.402. The normalized spacial score (nSPS) is 12.0. The fourth-order valence-corrected chi connectivity index (χ4v) is 4.46. The van der Waals surface area contributed by atoms with Crippen LogP contribution in [-0.2, 0) is 16.4 Å². The summed E-state index contributed by atoms with van der Waals surface area (Å²) in [6.07, 6.45) is 2.01. The Bertz CT molecular complexity index is 976. The summed E-state index contributed by atoms with van der Waals surface area (Å²) in [5, 5.41) is 6.05. The highest BCUT2D eigenvalue weighted by atomic mass is 32.2. The van der Waals surface area contributed by atoms with E-state index in [0.717, 1.165) is 21.8 Å². The van der Waals surface area contributed by atoms with E-state index < -0.39 is 10.0 Å². The van der Waals surface area contributed by atoms with Crippen molar-refractivity contribution in [2.45, 2.75) is 25.2 Å². The van der Waals surface area contributed by atoms with Gasteiger partial charge in [-0.05, 0) is 37.1 Å². The maximum atomic E-state index is 12.6.